The molecule has 0 spiro atoms. The fraction of sp³-hybridized carbons (Fsp3) is 0.0625. The van der Waals surface area contributed by atoms with Crippen LogP contribution in [0.1, 0.15) is 23.2 Å². The van der Waals surface area contributed by atoms with E-state index in [1.807, 2.05) is 42.5 Å². The van der Waals surface area contributed by atoms with E-state index in [0.29, 0.717) is 16.6 Å². The summed E-state index contributed by atoms with van der Waals surface area (Å²) in [5, 5.41) is 15.2. The van der Waals surface area contributed by atoms with Gasteiger partial charge in [-0.2, -0.15) is 5.10 Å². The molecule has 5 nitrogen and oxygen atoms in total. The fourth-order valence-electron chi connectivity index (χ4n) is 2.57. The van der Waals surface area contributed by atoms with Gasteiger partial charge in [-0.05, 0) is 18.2 Å². The lowest BCUT2D eigenvalue weighted by molar-refractivity contribution is 0.176. The first-order valence-corrected chi connectivity index (χ1v) is 7.13. The summed E-state index contributed by atoms with van der Waals surface area (Å²) in [4.78, 5) is 8.54. The molecule has 1 atom stereocenters. The molecule has 1 N–H and O–H groups in total. The number of aliphatic imine (C=N–C) groups is 1. The van der Waals surface area contributed by atoms with Crippen LogP contribution >= 0.6 is 11.6 Å². The monoisotopic (exact) mass is 310 g/mol. The standard InChI is InChI=1S/C16H11ClN4O/c17-11-6-7-13-12(8-11)14(10-4-2-1-3-5-10)20-16(22)15-18-9-19-21(13)15/h1-9,16,22H. The summed E-state index contributed by atoms with van der Waals surface area (Å²) in [5.74, 6) is 0.384. The van der Waals surface area contributed by atoms with Gasteiger partial charge in [-0.1, -0.05) is 41.9 Å². The molecular formula is C16H11ClN4O. The first-order valence-electron chi connectivity index (χ1n) is 6.75. The van der Waals surface area contributed by atoms with E-state index in [1.165, 1.54) is 6.33 Å². The van der Waals surface area contributed by atoms with Gasteiger partial charge in [0, 0.05) is 16.1 Å². The molecule has 0 radical (unpaired) electrons. The van der Waals surface area contributed by atoms with Crippen LogP contribution in [0.5, 0.6) is 0 Å². The number of aliphatic hydroxyl groups is 1. The molecule has 6 heteroatoms. The minimum absolute atomic E-state index is 0.384. The lowest BCUT2D eigenvalue weighted by Gasteiger charge is -2.10. The SMILES string of the molecule is OC1N=C(c2ccccc2)c2cc(Cl)ccc2-n2ncnc21. The summed E-state index contributed by atoms with van der Waals surface area (Å²) in [6.07, 6.45) is 0.323. The highest BCUT2D eigenvalue weighted by molar-refractivity contribution is 6.31. The van der Waals surface area contributed by atoms with Gasteiger partial charge in [0.25, 0.3) is 0 Å². The molecule has 0 aliphatic carbocycles. The summed E-state index contributed by atoms with van der Waals surface area (Å²) in [6, 6.07) is 15.1. The smallest absolute Gasteiger partial charge is 0.206 e. The second-order valence-electron chi connectivity index (χ2n) is 4.91. The minimum atomic E-state index is -1.08. The number of halogens is 1. The van der Waals surface area contributed by atoms with Crippen molar-refractivity contribution in [2.24, 2.45) is 4.99 Å². The minimum Gasteiger partial charge on any atom is -0.365 e. The van der Waals surface area contributed by atoms with E-state index >= 15 is 0 Å². The van der Waals surface area contributed by atoms with Crippen molar-refractivity contribution in [3.05, 3.63) is 76.8 Å². The summed E-state index contributed by atoms with van der Waals surface area (Å²) >= 11 is 6.16. The van der Waals surface area contributed by atoms with Crippen LogP contribution in [0.25, 0.3) is 5.69 Å². The van der Waals surface area contributed by atoms with E-state index in [0.717, 1.165) is 16.8 Å². The topological polar surface area (TPSA) is 63.3 Å². The predicted molar refractivity (Wildman–Crippen MR) is 83.4 cm³/mol. The first kappa shape index (κ1) is 13.2. The molecule has 0 saturated heterocycles. The molecule has 22 heavy (non-hydrogen) atoms. The van der Waals surface area contributed by atoms with E-state index in [2.05, 4.69) is 15.1 Å². The van der Waals surface area contributed by atoms with Crippen molar-refractivity contribution < 1.29 is 5.11 Å². The van der Waals surface area contributed by atoms with Gasteiger partial charge in [-0.3, -0.25) is 0 Å². The Hall–Kier alpha value is -2.50. The lowest BCUT2D eigenvalue weighted by Crippen LogP contribution is -2.08. The third-order valence-corrected chi connectivity index (χ3v) is 3.78. The molecule has 3 aromatic rings. The van der Waals surface area contributed by atoms with Crippen LogP contribution in [0.4, 0.5) is 0 Å². The van der Waals surface area contributed by atoms with Crippen molar-refractivity contribution in [2.45, 2.75) is 6.23 Å². The molecule has 4 rings (SSSR count). The quantitative estimate of drug-likeness (QED) is 0.751. The number of hydrogen-bond donors (Lipinski definition) is 1. The number of aromatic nitrogens is 3. The van der Waals surface area contributed by atoms with E-state index in [4.69, 9.17) is 11.6 Å². The molecule has 0 amide bonds. The summed E-state index contributed by atoms with van der Waals surface area (Å²) in [7, 11) is 0. The van der Waals surface area contributed by atoms with Gasteiger partial charge in [0.1, 0.15) is 6.33 Å². The average molecular weight is 311 g/mol. The van der Waals surface area contributed by atoms with Crippen molar-refractivity contribution >= 4 is 17.3 Å². The van der Waals surface area contributed by atoms with Crippen molar-refractivity contribution in [1.29, 1.82) is 0 Å². The maximum Gasteiger partial charge on any atom is 0.206 e. The Kier molecular flexibility index (Phi) is 3.03. The van der Waals surface area contributed by atoms with Crippen molar-refractivity contribution in [2.75, 3.05) is 0 Å². The highest BCUT2D eigenvalue weighted by atomic mass is 35.5. The second-order valence-corrected chi connectivity index (χ2v) is 5.35. The van der Waals surface area contributed by atoms with Crippen LogP contribution in [0, 0.1) is 0 Å². The number of hydrogen-bond acceptors (Lipinski definition) is 4. The number of benzene rings is 2. The lowest BCUT2D eigenvalue weighted by atomic mass is 10.0. The van der Waals surface area contributed by atoms with Crippen LogP contribution in [0.15, 0.2) is 59.9 Å². The number of nitrogens with zero attached hydrogens (tertiary/aromatic N) is 4. The maximum absolute atomic E-state index is 10.4. The van der Waals surface area contributed by atoms with Gasteiger partial charge in [-0.25, -0.2) is 14.7 Å². The Bertz CT molecular complexity index is 873. The molecule has 2 heterocycles. The molecular weight excluding hydrogens is 300 g/mol. The van der Waals surface area contributed by atoms with Crippen molar-refractivity contribution in [3.63, 3.8) is 0 Å². The maximum atomic E-state index is 10.4. The van der Waals surface area contributed by atoms with Crippen LogP contribution in [0.2, 0.25) is 5.02 Å². The Balaban J connectivity index is 2.03. The van der Waals surface area contributed by atoms with E-state index in [9.17, 15) is 5.11 Å². The third kappa shape index (κ3) is 2.03. The zero-order chi connectivity index (χ0) is 15.1. The number of rotatable bonds is 1. The van der Waals surface area contributed by atoms with E-state index in [1.54, 1.807) is 10.7 Å². The van der Waals surface area contributed by atoms with Gasteiger partial charge < -0.3 is 5.11 Å². The molecule has 1 unspecified atom stereocenters. The van der Waals surface area contributed by atoms with Crippen LogP contribution in [-0.2, 0) is 0 Å². The largest absolute Gasteiger partial charge is 0.365 e. The Morgan fingerprint density at radius 1 is 1.09 bits per heavy atom. The first-order chi connectivity index (χ1) is 10.7. The highest BCUT2D eigenvalue weighted by Crippen LogP contribution is 2.29. The molecule has 0 saturated carbocycles. The van der Waals surface area contributed by atoms with Gasteiger partial charge in [-0.15, -0.1) is 0 Å². The molecule has 108 valence electrons. The Morgan fingerprint density at radius 3 is 2.73 bits per heavy atom. The van der Waals surface area contributed by atoms with Crippen LogP contribution < -0.4 is 0 Å². The van der Waals surface area contributed by atoms with Crippen LogP contribution in [-0.4, -0.2) is 25.6 Å². The van der Waals surface area contributed by atoms with Crippen LogP contribution in [0.3, 0.4) is 0 Å². The van der Waals surface area contributed by atoms with E-state index in [-0.39, 0.29) is 0 Å². The van der Waals surface area contributed by atoms with E-state index < -0.39 is 6.23 Å². The van der Waals surface area contributed by atoms with Gasteiger partial charge in [0.15, 0.2) is 5.82 Å². The molecule has 0 bridgehead atoms. The number of aliphatic hydroxyl groups excluding tert-OH is 1. The van der Waals surface area contributed by atoms with Crippen molar-refractivity contribution in [3.8, 4) is 5.69 Å². The second kappa shape index (κ2) is 5.05. The summed E-state index contributed by atoms with van der Waals surface area (Å²) in [5.41, 5.74) is 3.16. The average Bonchev–Trinajstić information content (AvgIpc) is 2.99. The predicted octanol–water partition coefficient (Wildman–Crippen LogP) is 2.76. The molecule has 1 aromatic heterocycles. The van der Waals surface area contributed by atoms with Gasteiger partial charge in [0.2, 0.25) is 6.23 Å². The molecule has 1 aliphatic rings. The normalized spacial score (nSPS) is 16.5. The fourth-order valence-corrected chi connectivity index (χ4v) is 2.74. The molecule has 1 aliphatic heterocycles. The Morgan fingerprint density at radius 2 is 1.91 bits per heavy atom. The highest BCUT2D eigenvalue weighted by Gasteiger charge is 2.25. The zero-order valence-corrected chi connectivity index (χ0v) is 12.1. The van der Waals surface area contributed by atoms with Gasteiger partial charge >= 0.3 is 0 Å². The van der Waals surface area contributed by atoms with Crippen molar-refractivity contribution in [1.82, 2.24) is 14.8 Å². The molecule has 2 aromatic carbocycles. The summed E-state index contributed by atoms with van der Waals surface area (Å²) in [6.45, 7) is 0. The zero-order valence-electron chi connectivity index (χ0n) is 11.4. The number of fused-ring (bicyclic) bond motifs is 3. The van der Waals surface area contributed by atoms with Gasteiger partial charge in [0.05, 0.1) is 11.4 Å². The third-order valence-electron chi connectivity index (χ3n) is 3.55. The Labute approximate surface area is 131 Å². The molecule has 0 fully saturated rings. The summed E-state index contributed by atoms with van der Waals surface area (Å²) < 4.78 is 1.59.